The van der Waals surface area contributed by atoms with Gasteiger partial charge in [-0.2, -0.15) is 4.31 Å². The topological polar surface area (TPSA) is 76.2 Å². The fraction of sp³-hybridized carbons (Fsp3) is 0.370. The van der Waals surface area contributed by atoms with Crippen LogP contribution in [0.5, 0.6) is 11.5 Å². The number of methoxy groups -OCH3 is 1. The van der Waals surface area contributed by atoms with Gasteiger partial charge in [0.25, 0.3) is 0 Å². The summed E-state index contributed by atoms with van der Waals surface area (Å²) in [5, 5.41) is 1.98. The molecule has 2 heterocycles. The first kappa shape index (κ1) is 27.1. The molecule has 0 radical (unpaired) electrons. The van der Waals surface area contributed by atoms with Gasteiger partial charge in [0.2, 0.25) is 15.9 Å². The Hall–Kier alpha value is -2.95. The maximum absolute atomic E-state index is 13.7. The van der Waals surface area contributed by atoms with Gasteiger partial charge >= 0.3 is 0 Å². The minimum atomic E-state index is -3.94. The number of fused-ring (bicyclic) bond motifs is 1. The Labute approximate surface area is 221 Å². The summed E-state index contributed by atoms with van der Waals surface area (Å²) in [5.41, 5.74) is 0.981. The van der Waals surface area contributed by atoms with Crippen LogP contribution in [0.15, 0.2) is 64.9 Å². The van der Waals surface area contributed by atoms with E-state index >= 15 is 0 Å². The number of nitrogens with zero attached hydrogens (tertiary/aromatic N) is 2. The average molecular weight is 547 g/mol. The molecule has 1 amide bonds. The van der Waals surface area contributed by atoms with Crippen LogP contribution in [0.2, 0.25) is 0 Å². The molecule has 1 aliphatic heterocycles. The smallest absolute Gasteiger partial charge is 0.243 e. The van der Waals surface area contributed by atoms with Crippen molar-refractivity contribution in [2.45, 2.75) is 43.7 Å². The van der Waals surface area contributed by atoms with Crippen LogP contribution in [0.4, 0.5) is 4.39 Å². The first-order valence-electron chi connectivity index (χ1n) is 12.1. The Kier molecular flexibility index (Phi) is 8.51. The van der Waals surface area contributed by atoms with E-state index in [1.54, 1.807) is 47.4 Å². The minimum Gasteiger partial charge on any atom is -0.497 e. The van der Waals surface area contributed by atoms with Crippen molar-refractivity contribution in [2.75, 3.05) is 26.8 Å². The summed E-state index contributed by atoms with van der Waals surface area (Å²) in [4.78, 5) is 16.7. The van der Waals surface area contributed by atoms with Crippen LogP contribution < -0.4 is 9.47 Å². The highest BCUT2D eigenvalue weighted by molar-refractivity contribution is 7.89. The highest BCUT2D eigenvalue weighted by atomic mass is 32.2. The first-order chi connectivity index (χ1) is 17.7. The molecule has 0 saturated heterocycles. The van der Waals surface area contributed by atoms with Crippen molar-refractivity contribution < 1.29 is 27.1 Å². The summed E-state index contributed by atoms with van der Waals surface area (Å²) < 4.78 is 53.1. The molecule has 3 aromatic rings. The molecule has 0 fully saturated rings. The van der Waals surface area contributed by atoms with Gasteiger partial charge in [0, 0.05) is 23.5 Å². The second kappa shape index (κ2) is 11.6. The number of hydrogen-bond donors (Lipinski definition) is 0. The molecule has 0 saturated carbocycles. The van der Waals surface area contributed by atoms with Crippen molar-refractivity contribution in [3.63, 3.8) is 0 Å². The summed E-state index contributed by atoms with van der Waals surface area (Å²) >= 11 is 1.62. The minimum absolute atomic E-state index is 0.103. The summed E-state index contributed by atoms with van der Waals surface area (Å²) in [6.45, 7) is 3.97. The van der Waals surface area contributed by atoms with E-state index in [4.69, 9.17) is 9.47 Å². The number of thiophene rings is 1. The largest absolute Gasteiger partial charge is 0.497 e. The third-order valence-electron chi connectivity index (χ3n) is 6.66. The quantitative estimate of drug-likeness (QED) is 0.362. The van der Waals surface area contributed by atoms with Gasteiger partial charge in [0.1, 0.15) is 23.9 Å². The number of carbonyl (C=O) groups is 1. The first-order valence-corrected chi connectivity index (χ1v) is 14.5. The van der Waals surface area contributed by atoms with Crippen LogP contribution in [-0.2, 0) is 21.2 Å². The molecule has 0 bridgehead atoms. The lowest BCUT2D eigenvalue weighted by Crippen LogP contribution is -2.49. The van der Waals surface area contributed by atoms with Gasteiger partial charge in [-0.15, -0.1) is 11.3 Å². The zero-order valence-corrected chi connectivity index (χ0v) is 22.7. The van der Waals surface area contributed by atoms with E-state index in [1.807, 2.05) is 18.4 Å². The Bertz CT molecular complexity index is 1330. The molecular weight excluding hydrogens is 515 g/mol. The van der Waals surface area contributed by atoms with Gasteiger partial charge in [0.05, 0.1) is 24.6 Å². The zero-order valence-electron chi connectivity index (χ0n) is 21.1. The van der Waals surface area contributed by atoms with Crippen molar-refractivity contribution in [2.24, 2.45) is 0 Å². The summed E-state index contributed by atoms with van der Waals surface area (Å²) in [7, 11) is -2.43. The molecule has 1 aromatic heterocycles. The monoisotopic (exact) mass is 546 g/mol. The molecular formula is C27H31FN2O5S2. The predicted octanol–water partition coefficient (Wildman–Crippen LogP) is 4.89. The molecule has 0 unspecified atom stereocenters. The van der Waals surface area contributed by atoms with Crippen LogP contribution in [0.3, 0.4) is 0 Å². The lowest BCUT2D eigenvalue weighted by atomic mass is 10.0. The van der Waals surface area contributed by atoms with Gasteiger partial charge in [-0.3, -0.25) is 4.79 Å². The van der Waals surface area contributed by atoms with Crippen molar-refractivity contribution in [1.82, 2.24) is 9.21 Å². The molecule has 4 rings (SSSR count). The van der Waals surface area contributed by atoms with Crippen LogP contribution >= 0.6 is 11.3 Å². The number of benzene rings is 2. The van der Waals surface area contributed by atoms with Crippen LogP contribution in [0, 0.1) is 5.82 Å². The van der Waals surface area contributed by atoms with E-state index in [0.29, 0.717) is 30.9 Å². The Balaban J connectivity index is 1.58. The van der Waals surface area contributed by atoms with Crippen LogP contribution in [-0.4, -0.2) is 56.4 Å². The van der Waals surface area contributed by atoms with Crippen molar-refractivity contribution in [1.29, 1.82) is 0 Å². The number of carbonyl (C=O) groups excluding carboxylic acids is 1. The van der Waals surface area contributed by atoms with Gasteiger partial charge in [0.15, 0.2) is 0 Å². The molecule has 0 spiro atoms. The standard InChI is InChI=1S/C27H31FN2O5S2/c1-4-19(2)30(37(32,33)23-10-8-21(34-3)9-11-23)17-27(31)29-14-12-26-24(13-15-36-26)25(29)18-35-22-7-5-6-20(28)16-22/h5-11,13,15-16,19,25H,4,12,14,17-18H2,1-3H3/t19-,25+/m1/s1. The third kappa shape index (κ3) is 5.97. The average Bonchev–Trinajstić information content (AvgIpc) is 3.39. The number of rotatable bonds is 10. The molecule has 2 atom stereocenters. The maximum Gasteiger partial charge on any atom is 0.243 e. The number of hydrogen-bond acceptors (Lipinski definition) is 6. The number of amides is 1. The lowest BCUT2D eigenvalue weighted by Gasteiger charge is -2.37. The summed E-state index contributed by atoms with van der Waals surface area (Å²) in [5.74, 6) is 0.213. The summed E-state index contributed by atoms with van der Waals surface area (Å²) in [6, 6.07) is 13.2. The van der Waals surface area contributed by atoms with E-state index in [2.05, 4.69) is 0 Å². The molecule has 198 valence electrons. The summed E-state index contributed by atoms with van der Waals surface area (Å²) in [6.07, 6.45) is 1.23. The Morgan fingerprint density at radius 2 is 1.95 bits per heavy atom. The Morgan fingerprint density at radius 3 is 2.62 bits per heavy atom. The van der Waals surface area contributed by atoms with Gasteiger partial charge in [-0.05, 0) is 73.2 Å². The number of ether oxygens (including phenoxy) is 2. The maximum atomic E-state index is 13.7. The van der Waals surface area contributed by atoms with Crippen LogP contribution in [0.1, 0.15) is 36.8 Å². The predicted molar refractivity (Wildman–Crippen MR) is 141 cm³/mol. The normalized spacial score (nSPS) is 16.4. The fourth-order valence-electron chi connectivity index (χ4n) is 4.40. The van der Waals surface area contributed by atoms with Gasteiger partial charge < -0.3 is 14.4 Å². The van der Waals surface area contributed by atoms with Crippen molar-refractivity contribution >= 4 is 27.3 Å². The second-order valence-electron chi connectivity index (χ2n) is 8.90. The molecule has 37 heavy (non-hydrogen) atoms. The number of halogens is 1. The SMILES string of the molecule is CC[C@@H](C)N(CC(=O)N1CCc2sccc2[C@@H]1COc1cccc(F)c1)S(=O)(=O)c1ccc(OC)cc1. The highest BCUT2D eigenvalue weighted by Crippen LogP contribution is 2.34. The van der Waals surface area contributed by atoms with Gasteiger partial charge in [-0.25, -0.2) is 12.8 Å². The van der Waals surface area contributed by atoms with E-state index < -0.39 is 21.9 Å². The fourth-order valence-corrected chi connectivity index (χ4v) is 6.98. The molecule has 10 heteroatoms. The lowest BCUT2D eigenvalue weighted by molar-refractivity contribution is -0.135. The Morgan fingerprint density at radius 1 is 1.19 bits per heavy atom. The van der Waals surface area contributed by atoms with E-state index in [-0.39, 0.29) is 30.0 Å². The van der Waals surface area contributed by atoms with Gasteiger partial charge in [-0.1, -0.05) is 13.0 Å². The molecule has 2 aromatic carbocycles. The molecule has 7 nitrogen and oxygen atoms in total. The van der Waals surface area contributed by atoms with Crippen molar-refractivity contribution in [3.05, 3.63) is 76.2 Å². The van der Waals surface area contributed by atoms with E-state index in [0.717, 1.165) is 5.56 Å². The third-order valence-corrected chi connectivity index (χ3v) is 9.63. The highest BCUT2D eigenvalue weighted by Gasteiger charge is 2.36. The second-order valence-corrected chi connectivity index (χ2v) is 11.8. The van der Waals surface area contributed by atoms with E-state index in [1.165, 1.54) is 40.6 Å². The van der Waals surface area contributed by atoms with Crippen molar-refractivity contribution in [3.8, 4) is 11.5 Å². The molecule has 0 aliphatic carbocycles. The van der Waals surface area contributed by atoms with Crippen LogP contribution in [0.25, 0.3) is 0 Å². The zero-order chi connectivity index (χ0) is 26.6. The van der Waals surface area contributed by atoms with E-state index in [9.17, 15) is 17.6 Å². The molecule has 1 aliphatic rings. The molecule has 0 N–H and O–H groups in total. The number of sulfonamides is 1.